The van der Waals surface area contributed by atoms with Crippen LogP contribution in [0.3, 0.4) is 0 Å². The summed E-state index contributed by atoms with van der Waals surface area (Å²) in [6, 6.07) is 0. The van der Waals surface area contributed by atoms with Crippen molar-refractivity contribution in [1.82, 2.24) is 0 Å². The number of aliphatic hydroxyl groups excluding tert-OH is 2. The zero-order valence-electron chi connectivity index (χ0n) is 6.03. The lowest BCUT2D eigenvalue weighted by molar-refractivity contribution is -0.0417. The van der Waals surface area contributed by atoms with E-state index in [4.69, 9.17) is 5.73 Å². The predicted octanol–water partition coefficient (Wildman–Crippen LogP) is -0.533. The summed E-state index contributed by atoms with van der Waals surface area (Å²) in [5.41, 5.74) is 5.38. The van der Waals surface area contributed by atoms with Crippen LogP contribution in [0.5, 0.6) is 0 Å². The Bertz CT molecular complexity index is 108. The van der Waals surface area contributed by atoms with E-state index in [-0.39, 0.29) is 5.92 Å². The minimum atomic E-state index is -0.584. The van der Waals surface area contributed by atoms with Crippen molar-refractivity contribution in [2.75, 3.05) is 6.54 Å². The van der Waals surface area contributed by atoms with Gasteiger partial charge in [0.25, 0.3) is 0 Å². The summed E-state index contributed by atoms with van der Waals surface area (Å²) in [6.45, 7) is 0.484. The molecule has 0 bridgehead atoms. The van der Waals surface area contributed by atoms with Crippen LogP contribution in [0, 0.1) is 5.92 Å². The van der Waals surface area contributed by atoms with Crippen molar-refractivity contribution >= 4 is 0 Å². The Kier molecular flexibility index (Phi) is 2.65. The fourth-order valence-electron chi connectivity index (χ4n) is 1.50. The zero-order valence-corrected chi connectivity index (χ0v) is 6.03. The molecule has 0 heterocycles. The Morgan fingerprint density at radius 2 is 2.00 bits per heavy atom. The summed E-state index contributed by atoms with van der Waals surface area (Å²) >= 11 is 0. The maximum Gasteiger partial charge on any atom is 0.0839 e. The Hall–Kier alpha value is -0.120. The minimum Gasteiger partial charge on any atom is -0.390 e. The van der Waals surface area contributed by atoms with Gasteiger partial charge in [-0.25, -0.2) is 0 Å². The van der Waals surface area contributed by atoms with E-state index >= 15 is 0 Å². The van der Waals surface area contributed by atoms with Crippen LogP contribution in [-0.4, -0.2) is 29.0 Å². The number of rotatable bonds is 1. The first-order valence-corrected chi connectivity index (χ1v) is 3.82. The summed E-state index contributed by atoms with van der Waals surface area (Å²) in [7, 11) is 0. The number of hydrogen-bond acceptors (Lipinski definition) is 3. The van der Waals surface area contributed by atoms with Crippen molar-refractivity contribution in [3.8, 4) is 0 Å². The molecule has 60 valence electrons. The summed E-state index contributed by atoms with van der Waals surface area (Å²) in [5.74, 6) is 0.115. The molecule has 0 amide bonds. The Morgan fingerprint density at radius 3 is 2.50 bits per heavy atom. The van der Waals surface area contributed by atoms with Gasteiger partial charge in [-0.15, -0.1) is 0 Å². The van der Waals surface area contributed by atoms with Crippen molar-refractivity contribution in [2.24, 2.45) is 11.7 Å². The van der Waals surface area contributed by atoms with E-state index in [2.05, 4.69) is 0 Å². The van der Waals surface area contributed by atoms with E-state index in [0.717, 1.165) is 19.3 Å². The number of aliphatic hydroxyl groups is 2. The fourth-order valence-corrected chi connectivity index (χ4v) is 1.50. The van der Waals surface area contributed by atoms with Crippen LogP contribution in [0.15, 0.2) is 0 Å². The molecule has 3 heteroatoms. The third-order valence-electron chi connectivity index (χ3n) is 2.25. The second-order valence-electron chi connectivity index (χ2n) is 2.98. The molecular formula is C7H15NO2. The molecule has 0 spiro atoms. The molecule has 10 heavy (non-hydrogen) atoms. The molecule has 1 rings (SSSR count). The van der Waals surface area contributed by atoms with Gasteiger partial charge in [-0.05, 0) is 25.3 Å². The van der Waals surface area contributed by atoms with E-state index in [0.29, 0.717) is 6.54 Å². The molecule has 3 atom stereocenters. The van der Waals surface area contributed by atoms with Crippen LogP contribution in [0.1, 0.15) is 19.3 Å². The van der Waals surface area contributed by atoms with Gasteiger partial charge in [-0.3, -0.25) is 0 Å². The number of nitrogens with two attached hydrogens (primary N) is 1. The van der Waals surface area contributed by atoms with Gasteiger partial charge in [0.2, 0.25) is 0 Å². The van der Waals surface area contributed by atoms with Crippen LogP contribution < -0.4 is 5.73 Å². The zero-order chi connectivity index (χ0) is 7.56. The van der Waals surface area contributed by atoms with Crippen molar-refractivity contribution < 1.29 is 10.2 Å². The third kappa shape index (κ3) is 1.48. The van der Waals surface area contributed by atoms with Crippen LogP contribution in [0.25, 0.3) is 0 Å². The molecule has 0 aromatic carbocycles. The lowest BCUT2D eigenvalue weighted by Gasteiger charge is -2.30. The molecule has 3 unspecified atom stereocenters. The first-order valence-electron chi connectivity index (χ1n) is 3.82. The average Bonchev–Trinajstić information content (AvgIpc) is 1.95. The average molecular weight is 145 g/mol. The molecule has 1 aliphatic carbocycles. The highest BCUT2D eigenvalue weighted by molar-refractivity contribution is 4.81. The van der Waals surface area contributed by atoms with E-state index < -0.39 is 12.2 Å². The van der Waals surface area contributed by atoms with Crippen LogP contribution in [0.2, 0.25) is 0 Å². The molecule has 3 nitrogen and oxygen atoms in total. The molecule has 1 saturated carbocycles. The molecule has 4 N–H and O–H groups in total. The normalized spacial score (nSPS) is 41.7. The fraction of sp³-hybridized carbons (Fsp3) is 1.00. The Labute approximate surface area is 60.9 Å². The van der Waals surface area contributed by atoms with Crippen LogP contribution in [0.4, 0.5) is 0 Å². The van der Waals surface area contributed by atoms with Gasteiger partial charge in [0.05, 0.1) is 12.2 Å². The van der Waals surface area contributed by atoms with Crippen molar-refractivity contribution in [1.29, 1.82) is 0 Å². The van der Waals surface area contributed by atoms with E-state index in [1.54, 1.807) is 0 Å². The highest BCUT2D eigenvalue weighted by Gasteiger charge is 2.28. The Balaban J connectivity index is 2.42. The summed E-state index contributed by atoms with van der Waals surface area (Å²) in [6.07, 6.45) is 1.54. The van der Waals surface area contributed by atoms with Gasteiger partial charge in [-0.1, -0.05) is 6.42 Å². The molecule has 1 aliphatic rings. The lowest BCUT2D eigenvalue weighted by atomic mass is 9.85. The monoisotopic (exact) mass is 145 g/mol. The molecule has 1 fully saturated rings. The molecule has 0 aliphatic heterocycles. The minimum absolute atomic E-state index is 0.115. The van der Waals surface area contributed by atoms with Crippen molar-refractivity contribution in [2.45, 2.75) is 31.5 Å². The lowest BCUT2D eigenvalue weighted by Crippen LogP contribution is -2.40. The maximum absolute atomic E-state index is 9.31. The second-order valence-corrected chi connectivity index (χ2v) is 2.98. The molecule has 0 aromatic heterocycles. The van der Waals surface area contributed by atoms with Gasteiger partial charge in [0.1, 0.15) is 0 Å². The molecule has 0 radical (unpaired) electrons. The maximum atomic E-state index is 9.31. The van der Waals surface area contributed by atoms with Crippen molar-refractivity contribution in [3.63, 3.8) is 0 Å². The molecular weight excluding hydrogens is 130 g/mol. The highest BCUT2D eigenvalue weighted by Crippen LogP contribution is 2.23. The largest absolute Gasteiger partial charge is 0.390 e. The molecule has 0 aromatic rings. The first kappa shape index (κ1) is 7.98. The SMILES string of the molecule is NCC1CCCC(O)C1O. The Morgan fingerprint density at radius 1 is 1.30 bits per heavy atom. The van der Waals surface area contributed by atoms with Crippen LogP contribution in [-0.2, 0) is 0 Å². The van der Waals surface area contributed by atoms with Gasteiger partial charge < -0.3 is 15.9 Å². The standard InChI is InChI=1S/C7H15NO2/c8-4-5-2-1-3-6(9)7(5)10/h5-7,9-10H,1-4,8H2. The van der Waals surface area contributed by atoms with E-state index in [1.165, 1.54) is 0 Å². The smallest absolute Gasteiger partial charge is 0.0839 e. The highest BCUT2D eigenvalue weighted by atomic mass is 16.3. The van der Waals surface area contributed by atoms with Gasteiger partial charge >= 0.3 is 0 Å². The number of hydrogen-bond donors (Lipinski definition) is 3. The van der Waals surface area contributed by atoms with Crippen molar-refractivity contribution in [3.05, 3.63) is 0 Å². The first-order chi connectivity index (χ1) is 4.75. The molecule has 0 saturated heterocycles. The second kappa shape index (κ2) is 3.32. The summed E-state index contributed by atoms with van der Waals surface area (Å²) in [4.78, 5) is 0. The van der Waals surface area contributed by atoms with Gasteiger partial charge in [0, 0.05) is 0 Å². The quantitative estimate of drug-likeness (QED) is 0.464. The predicted molar refractivity (Wildman–Crippen MR) is 38.4 cm³/mol. The third-order valence-corrected chi connectivity index (χ3v) is 2.25. The summed E-state index contributed by atoms with van der Waals surface area (Å²) in [5, 5.41) is 18.5. The van der Waals surface area contributed by atoms with E-state index in [1.807, 2.05) is 0 Å². The van der Waals surface area contributed by atoms with Gasteiger partial charge in [0.15, 0.2) is 0 Å². The van der Waals surface area contributed by atoms with Gasteiger partial charge in [-0.2, -0.15) is 0 Å². The van der Waals surface area contributed by atoms with Crippen LogP contribution >= 0.6 is 0 Å². The topological polar surface area (TPSA) is 66.5 Å². The summed E-state index contributed by atoms with van der Waals surface area (Å²) < 4.78 is 0. The van der Waals surface area contributed by atoms with E-state index in [9.17, 15) is 10.2 Å².